The number of rotatable bonds is 5. The number of hydrogen-bond donors (Lipinski definition) is 1. The lowest BCUT2D eigenvalue weighted by Gasteiger charge is -2.07. The molecule has 1 atom stereocenters. The van der Waals surface area contributed by atoms with Crippen molar-refractivity contribution in [2.75, 3.05) is 6.61 Å². The second-order valence-electron chi connectivity index (χ2n) is 4.86. The molecular weight excluding hydrogens is 246 g/mol. The molecule has 1 aromatic carbocycles. The molecular formula is C14H17NO2S. The first-order valence-corrected chi connectivity index (χ1v) is 7.35. The summed E-state index contributed by atoms with van der Waals surface area (Å²) in [6, 6.07) is 9.21. The smallest absolute Gasteiger partial charge is 0.319 e. The number of ether oxygens (including phenoxy) is 1. The van der Waals surface area contributed by atoms with Crippen LogP contribution in [-0.2, 0) is 16.1 Å². The van der Waals surface area contributed by atoms with E-state index in [-0.39, 0.29) is 11.2 Å². The molecule has 1 N–H and O–H groups in total. The maximum Gasteiger partial charge on any atom is 0.319 e. The van der Waals surface area contributed by atoms with Gasteiger partial charge < -0.3 is 10.1 Å². The molecule has 0 bridgehead atoms. The third-order valence-electron chi connectivity index (χ3n) is 3.26. The predicted molar refractivity (Wildman–Crippen MR) is 71.5 cm³/mol. The molecule has 2 fully saturated rings. The van der Waals surface area contributed by atoms with Crippen LogP contribution in [0, 0.1) is 0 Å². The monoisotopic (exact) mass is 263 g/mol. The fourth-order valence-electron chi connectivity index (χ4n) is 1.98. The minimum absolute atomic E-state index is 0.0135. The second kappa shape index (κ2) is 5.33. The number of cyclic esters (lactones) is 1. The molecule has 3 rings (SSSR count). The molecule has 0 spiro atoms. The van der Waals surface area contributed by atoms with Crippen LogP contribution >= 0.6 is 11.8 Å². The van der Waals surface area contributed by atoms with Crippen LogP contribution in [0.15, 0.2) is 29.2 Å². The first-order chi connectivity index (χ1) is 8.81. The molecule has 4 heteroatoms. The van der Waals surface area contributed by atoms with E-state index >= 15 is 0 Å². The molecule has 1 aliphatic carbocycles. The summed E-state index contributed by atoms with van der Waals surface area (Å²) in [6.07, 6.45) is 3.46. The Labute approximate surface area is 111 Å². The summed E-state index contributed by atoms with van der Waals surface area (Å²) in [5.74, 6) is -0.0699. The largest absolute Gasteiger partial charge is 0.465 e. The van der Waals surface area contributed by atoms with Gasteiger partial charge in [0, 0.05) is 23.9 Å². The highest BCUT2D eigenvalue weighted by Crippen LogP contribution is 2.29. The average Bonchev–Trinajstić information content (AvgIpc) is 3.13. The molecule has 1 unspecified atom stereocenters. The number of carbonyl (C=O) groups is 1. The van der Waals surface area contributed by atoms with Gasteiger partial charge in [-0.2, -0.15) is 0 Å². The maximum atomic E-state index is 11.4. The molecule has 0 amide bonds. The van der Waals surface area contributed by atoms with Crippen molar-refractivity contribution < 1.29 is 9.53 Å². The van der Waals surface area contributed by atoms with Gasteiger partial charge in [0.15, 0.2) is 0 Å². The second-order valence-corrected chi connectivity index (χ2v) is 6.14. The first kappa shape index (κ1) is 12.1. The van der Waals surface area contributed by atoms with Gasteiger partial charge >= 0.3 is 5.97 Å². The van der Waals surface area contributed by atoms with Gasteiger partial charge in [-0.25, -0.2) is 0 Å². The summed E-state index contributed by atoms with van der Waals surface area (Å²) in [4.78, 5) is 12.5. The van der Waals surface area contributed by atoms with Crippen molar-refractivity contribution in [2.24, 2.45) is 0 Å². The van der Waals surface area contributed by atoms with Gasteiger partial charge in [0.2, 0.25) is 0 Å². The molecule has 1 saturated carbocycles. The highest BCUT2D eigenvalue weighted by molar-refractivity contribution is 8.00. The van der Waals surface area contributed by atoms with Gasteiger partial charge in [-0.05, 0) is 30.5 Å². The molecule has 0 aromatic heterocycles. The van der Waals surface area contributed by atoms with Gasteiger partial charge in [0.25, 0.3) is 0 Å². The van der Waals surface area contributed by atoms with Crippen LogP contribution in [-0.4, -0.2) is 23.9 Å². The van der Waals surface area contributed by atoms with Crippen molar-refractivity contribution in [1.82, 2.24) is 5.32 Å². The molecule has 0 radical (unpaired) electrons. The number of carbonyl (C=O) groups excluding carboxylic acids is 1. The van der Waals surface area contributed by atoms with Crippen molar-refractivity contribution in [3.05, 3.63) is 29.8 Å². The fourth-order valence-corrected chi connectivity index (χ4v) is 2.98. The van der Waals surface area contributed by atoms with Crippen LogP contribution in [0.25, 0.3) is 0 Å². The first-order valence-electron chi connectivity index (χ1n) is 6.47. The van der Waals surface area contributed by atoms with Crippen LogP contribution in [0.4, 0.5) is 0 Å². The Morgan fingerprint density at radius 2 is 2.00 bits per heavy atom. The van der Waals surface area contributed by atoms with E-state index < -0.39 is 0 Å². The normalized spacial score (nSPS) is 23.1. The van der Waals surface area contributed by atoms with E-state index in [0.29, 0.717) is 6.61 Å². The lowest BCUT2D eigenvalue weighted by atomic mass is 10.2. The zero-order valence-electron chi connectivity index (χ0n) is 10.2. The number of nitrogens with one attached hydrogen (secondary N) is 1. The van der Waals surface area contributed by atoms with Gasteiger partial charge in [-0.3, -0.25) is 4.79 Å². The molecule has 1 aromatic rings. The van der Waals surface area contributed by atoms with Crippen LogP contribution in [0.5, 0.6) is 0 Å². The van der Waals surface area contributed by atoms with Crippen molar-refractivity contribution in [3.63, 3.8) is 0 Å². The summed E-state index contributed by atoms with van der Waals surface area (Å²) in [6.45, 7) is 1.51. The summed E-state index contributed by atoms with van der Waals surface area (Å²) >= 11 is 1.61. The highest BCUT2D eigenvalue weighted by Gasteiger charge is 2.27. The van der Waals surface area contributed by atoms with Crippen molar-refractivity contribution in [2.45, 2.75) is 42.0 Å². The van der Waals surface area contributed by atoms with Gasteiger partial charge in [-0.1, -0.05) is 12.1 Å². The van der Waals surface area contributed by atoms with Gasteiger partial charge in [0.05, 0.1) is 6.61 Å². The summed E-state index contributed by atoms with van der Waals surface area (Å²) in [7, 11) is 0. The van der Waals surface area contributed by atoms with Crippen LogP contribution in [0.1, 0.15) is 24.8 Å². The Kier molecular flexibility index (Phi) is 3.57. The van der Waals surface area contributed by atoms with Crippen LogP contribution in [0.2, 0.25) is 0 Å². The van der Waals surface area contributed by atoms with E-state index in [2.05, 4.69) is 29.6 Å². The van der Waals surface area contributed by atoms with Crippen molar-refractivity contribution in [1.29, 1.82) is 0 Å². The Bertz CT molecular complexity index is 428. The lowest BCUT2D eigenvalue weighted by molar-refractivity contribution is -0.137. The number of hydrogen-bond acceptors (Lipinski definition) is 4. The van der Waals surface area contributed by atoms with E-state index in [1.807, 2.05) is 0 Å². The van der Waals surface area contributed by atoms with E-state index in [1.165, 1.54) is 18.4 Å². The van der Waals surface area contributed by atoms with Crippen LogP contribution in [0.3, 0.4) is 0 Å². The van der Waals surface area contributed by atoms with E-state index in [9.17, 15) is 4.79 Å². The number of esters is 1. The minimum Gasteiger partial charge on any atom is -0.465 e. The maximum absolute atomic E-state index is 11.4. The Hall–Kier alpha value is -1.00. The number of benzene rings is 1. The summed E-state index contributed by atoms with van der Waals surface area (Å²) in [5.41, 5.74) is 1.31. The lowest BCUT2D eigenvalue weighted by Crippen LogP contribution is -2.15. The molecule has 1 heterocycles. The van der Waals surface area contributed by atoms with E-state index in [0.717, 1.165) is 23.9 Å². The fraction of sp³-hybridized carbons (Fsp3) is 0.500. The quantitative estimate of drug-likeness (QED) is 0.828. The van der Waals surface area contributed by atoms with E-state index in [1.54, 1.807) is 11.8 Å². The third-order valence-corrected chi connectivity index (χ3v) is 4.52. The summed E-state index contributed by atoms with van der Waals surface area (Å²) < 4.78 is 4.96. The molecule has 96 valence electrons. The van der Waals surface area contributed by atoms with E-state index in [4.69, 9.17) is 4.74 Å². The van der Waals surface area contributed by atoms with Crippen molar-refractivity contribution in [3.8, 4) is 0 Å². The SMILES string of the molecule is O=C1OCCC1Sc1ccc(CNC2CC2)cc1. The van der Waals surface area contributed by atoms with Crippen LogP contribution < -0.4 is 5.32 Å². The summed E-state index contributed by atoms with van der Waals surface area (Å²) in [5, 5.41) is 3.48. The number of thioether (sulfide) groups is 1. The highest BCUT2D eigenvalue weighted by atomic mass is 32.2. The molecule has 18 heavy (non-hydrogen) atoms. The third kappa shape index (κ3) is 3.06. The topological polar surface area (TPSA) is 38.3 Å². The van der Waals surface area contributed by atoms with Crippen molar-refractivity contribution >= 4 is 17.7 Å². The van der Waals surface area contributed by atoms with Gasteiger partial charge in [-0.15, -0.1) is 11.8 Å². The zero-order valence-corrected chi connectivity index (χ0v) is 11.0. The Morgan fingerprint density at radius 1 is 1.22 bits per heavy atom. The zero-order chi connectivity index (χ0) is 12.4. The minimum atomic E-state index is -0.0699. The Balaban J connectivity index is 1.54. The molecule has 1 aliphatic heterocycles. The standard InChI is InChI=1S/C14H17NO2S/c16-14-13(7-8-17-14)18-12-5-1-10(2-6-12)9-15-11-3-4-11/h1-2,5-6,11,13,15H,3-4,7-9H2. The average molecular weight is 263 g/mol. The molecule has 2 aliphatic rings. The Morgan fingerprint density at radius 3 is 2.61 bits per heavy atom. The molecule has 1 saturated heterocycles. The predicted octanol–water partition coefficient (Wildman–Crippen LogP) is 2.35. The molecule has 3 nitrogen and oxygen atoms in total. The van der Waals surface area contributed by atoms with Gasteiger partial charge in [0.1, 0.15) is 5.25 Å².